The number of benzene rings is 2. The van der Waals surface area contributed by atoms with Gasteiger partial charge in [0.05, 0.1) is 24.0 Å². The van der Waals surface area contributed by atoms with Gasteiger partial charge in [-0.05, 0) is 80.1 Å². The van der Waals surface area contributed by atoms with E-state index >= 15 is 0 Å². The number of ether oxygens (including phenoxy) is 1. The molecule has 0 atom stereocenters. The first kappa shape index (κ1) is 35.1. The molecule has 2 saturated heterocycles. The Bertz CT molecular complexity index is 1710. The molecule has 3 aromatic rings. The van der Waals surface area contributed by atoms with Crippen molar-refractivity contribution in [1.82, 2.24) is 20.2 Å². The lowest BCUT2D eigenvalue weighted by Gasteiger charge is -2.63. The average Bonchev–Trinajstić information content (AvgIpc) is 3.10. The maximum absolute atomic E-state index is 13.5. The molecule has 0 unspecified atom stereocenters. The number of rotatable bonds is 9. The van der Waals surface area contributed by atoms with Crippen LogP contribution in [0.25, 0.3) is 0 Å². The lowest BCUT2D eigenvalue weighted by Crippen LogP contribution is -2.74. The first-order valence-electron chi connectivity index (χ1n) is 17.6. The summed E-state index contributed by atoms with van der Waals surface area (Å²) in [5.74, 6) is 0.989. The summed E-state index contributed by atoms with van der Waals surface area (Å²) in [6.07, 6.45) is 5.02. The van der Waals surface area contributed by atoms with Crippen LogP contribution in [0.1, 0.15) is 78.1 Å². The molecule has 1 aliphatic carbocycles. The molecule has 3 fully saturated rings. The molecule has 11 heteroatoms. The van der Waals surface area contributed by atoms with Gasteiger partial charge in [-0.15, -0.1) is 0 Å². The standard InChI is InChI=1S/C39H49N7O4/c1-25-19-30(20-26(2)31(25)21-40)50-37-38(3,4)36(39(37,5)6)43-34(47)28-7-9-29(10-8-28)45-13-11-27(12-14-45)24-44-15-17-46(18-16-44)33-23-41-32(22-42-33)35(48)49/h7-10,19-20,22-23,27,36-37H,11-18,24H2,1-6H3,(H,43,47)(H,48,49)/t36-,37-. The van der Waals surface area contributed by atoms with Crippen LogP contribution in [0.2, 0.25) is 0 Å². The topological polar surface area (TPSA) is 135 Å². The number of carbonyl (C=O) groups excluding carboxylic acids is 1. The van der Waals surface area contributed by atoms with Gasteiger partial charge in [0.15, 0.2) is 5.69 Å². The summed E-state index contributed by atoms with van der Waals surface area (Å²) >= 11 is 0. The molecule has 1 saturated carbocycles. The minimum Gasteiger partial charge on any atom is -0.489 e. The Morgan fingerprint density at radius 1 is 0.920 bits per heavy atom. The second-order valence-corrected chi connectivity index (χ2v) is 15.4. The Balaban J connectivity index is 0.966. The van der Waals surface area contributed by atoms with Crippen molar-refractivity contribution in [2.75, 3.05) is 55.6 Å². The fraction of sp³-hybridized carbons (Fsp3) is 0.513. The highest BCUT2D eigenvalue weighted by atomic mass is 16.5. The van der Waals surface area contributed by atoms with Crippen molar-refractivity contribution < 1.29 is 19.4 Å². The van der Waals surface area contributed by atoms with Gasteiger partial charge in [-0.25, -0.2) is 14.8 Å². The molecule has 3 heterocycles. The first-order valence-corrected chi connectivity index (χ1v) is 17.6. The number of anilines is 2. The molecule has 6 rings (SSSR count). The Morgan fingerprint density at radius 2 is 1.54 bits per heavy atom. The van der Waals surface area contributed by atoms with Crippen molar-refractivity contribution >= 4 is 23.4 Å². The third-order valence-electron chi connectivity index (χ3n) is 11.2. The summed E-state index contributed by atoms with van der Waals surface area (Å²) in [6, 6.07) is 14.1. The van der Waals surface area contributed by atoms with E-state index in [0.29, 0.717) is 17.0 Å². The van der Waals surface area contributed by atoms with Crippen LogP contribution in [0.4, 0.5) is 11.5 Å². The molecule has 3 aliphatic rings. The second-order valence-electron chi connectivity index (χ2n) is 15.4. The Kier molecular flexibility index (Phi) is 9.78. The fourth-order valence-corrected chi connectivity index (χ4v) is 8.64. The largest absolute Gasteiger partial charge is 0.489 e. The molecular formula is C39H49N7O4. The third-order valence-corrected chi connectivity index (χ3v) is 11.2. The van der Waals surface area contributed by atoms with Crippen molar-refractivity contribution in [3.8, 4) is 11.8 Å². The van der Waals surface area contributed by atoms with Crippen LogP contribution in [0.3, 0.4) is 0 Å². The summed E-state index contributed by atoms with van der Waals surface area (Å²) in [5, 5.41) is 21.8. The van der Waals surface area contributed by atoms with E-state index in [-0.39, 0.29) is 34.6 Å². The van der Waals surface area contributed by atoms with Gasteiger partial charge in [0, 0.05) is 73.9 Å². The number of hydrogen-bond donors (Lipinski definition) is 2. The number of piperazine rings is 1. The zero-order valence-electron chi connectivity index (χ0n) is 30.1. The van der Waals surface area contributed by atoms with Gasteiger partial charge in [0.1, 0.15) is 17.7 Å². The lowest BCUT2D eigenvalue weighted by atomic mass is 9.49. The molecule has 50 heavy (non-hydrogen) atoms. The maximum Gasteiger partial charge on any atom is 0.356 e. The highest BCUT2D eigenvalue weighted by molar-refractivity contribution is 5.95. The second kappa shape index (κ2) is 13.9. The van der Waals surface area contributed by atoms with E-state index in [2.05, 4.69) is 75.9 Å². The number of nitrogens with one attached hydrogen (secondary N) is 1. The van der Waals surface area contributed by atoms with Gasteiger partial charge in [0.25, 0.3) is 5.91 Å². The summed E-state index contributed by atoms with van der Waals surface area (Å²) in [7, 11) is 0. The van der Waals surface area contributed by atoms with E-state index < -0.39 is 5.97 Å². The number of carboxylic acids is 1. The van der Waals surface area contributed by atoms with Crippen LogP contribution in [0.5, 0.6) is 5.75 Å². The first-order chi connectivity index (χ1) is 23.8. The van der Waals surface area contributed by atoms with Gasteiger partial charge >= 0.3 is 5.97 Å². The number of aromatic carboxylic acids is 1. The Hall–Kier alpha value is -4.69. The summed E-state index contributed by atoms with van der Waals surface area (Å²) in [5.41, 5.74) is 3.67. The van der Waals surface area contributed by atoms with E-state index in [9.17, 15) is 14.9 Å². The monoisotopic (exact) mass is 679 g/mol. The maximum atomic E-state index is 13.5. The predicted molar refractivity (Wildman–Crippen MR) is 193 cm³/mol. The van der Waals surface area contributed by atoms with Gasteiger partial charge in [0.2, 0.25) is 0 Å². The van der Waals surface area contributed by atoms with Gasteiger partial charge in [-0.3, -0.25) is 9.69 Å². The van der Waals surface area contributed by atoms with Gasteiger partial charge < -0.3 is 25.0 Å². The number of carboxylic acid groups (broad SMARTS) is 1. The van der Waals surface area contributed by atoms with Crippen molar-refractivity contribution in [1.29, 1.82) is 5.26 Å². The van der Waals surface area contributed by atoms with Crippen molar-refractivity contribution in [2.45, 2.75) is 66.5 Å². The van der Waals surface area contributed by atoms with Crippen LogP contribution in [-0.4, -0.2) is 89.8 Å². The van der Waals surface area contributed by atoms with Crippen LogP contribution in [0, 0.1) is 41.9 Å². The molecule has 1 aromatic heterocycles. The van der Waals surface area contributed by atoms with Gasteiger partial charge in [-0.1, -0.05) is 27.7 Å². The Morgan fingerprint density at radius 3 is 2.08 bits per heavy atom. The van der Waals surface area contributed by atoms with Crippen LogP contribution in [-0.2, 0) is 0 Å². The SMILES string of the molecule is Cc1cc(O[C@H]2C(C)(C)[C@H](NC(=O)c3ccc(N4CCC(CN5CCN(c6cnc(C(=O)O)cn6)CC5)CC4)cc3)C2(C)C)cc(C)c1C#N. The third kappa shape index (κ3) is 6.99. The van der Waals surface area contributed by atoms with E-state index in [1.165, 1.54) is 6.20 Å². The van der Waals surface area contributed by atoms with E-state index in [1.807, 2.05) is 38.1 Å². The van der Waals surface area contributed by atoms with Crippen LogP contribution in [0.15, 0.2) is 48.8 Å². The van der Waals surface area contributed by atoms with Crippen molar-refractivity contribution in [2.24, 2.45) is 16.7 Å². The number of piperidine rings is 1. The zero-order valence-corrected chi connectivity index (χ0v) is 30.1. The molecular weight excluding hydrogens is 630 g/mol. The number of hydrogen-bond acceptors (Lipinski definition) is 9. The molecule has 2 aliphatic heterocycles. The number of carbonyl (C=O) groups is 2. The average molecular weight is 680 g/mol. The quantitative estimate of drug-likeness (QED) is 0.306. The van der Waals surface area contributed by atoms with Crippen molar-refractivity contribution in [3.63, 3.8) is 0 Å². The number of nitriles is 1. The Labute approximate surface area is 295 Å². The van der Waals surface area contributed by atoms with E-state index in [0.717, 1.165) is 87.0 Å². The molecule has 11 nitrogen and oxygen atoms in total. The smallest absolute Gasteiger partial charge is 0.356 e. The molecule has 2 aromatic carbocycles. The lowest BCUT2D eigenvalue weighted by molar-refractivity contribution is -0.164. The number of aryl methyl sites for hydroxylation is 2. The fourth-order valence-electron chi connectivity index (χ4n) is 8.64. The molecule has 0 spiro atoms. The zero-order chi connectivity index (χ0) is 35.8. The summed E-state index contributed by atoms with van der Waals surface area (Å²) in [4.78, 5) is 40.0. The molecule has 2 N–H and O–H groups in total. The van der Waals surface area contributed by atoms with Crippen LogP contribution >= 0.6 is 0 Å². The summed E-state index contributed by atoms with van der Waals surface area (Å²) in [6.45, 7) is 19.1. The van der Waals surface area contributed by atoms with E-state index in [1.54, 1.807) is 6.20 Å². The van der Waals surface area contributed by atoms with Gasteiger partial charge in [-0.2, -0.15) is 5.26 Å². The minimum absolute atomic E-state index is 0.0369. The van der Waals surface area contributed by atoms with Crippen molar-refractivity contribution in [3.05, 3.63) is 76.7 Å². The normalized spacial score (nSPS) is 21.9. The number of aromatic nitrogens is 2. The number of nitrogens with zero attached hydrogens (tertiary/aromatic N) is 6. The molecule has 264 valence electrons. The summed E-state index contributed by atoms with van der Waals surface area (Å²) < 4.78 is 6.53. The predicted octanol–water partition coefficient (Wildman–Crippen LogP) is 5.31. The minimum atomic E-state index is -1.06. The highest BCUT2D eigenvalue weighted by Crippen LogP contribution is 2.55. The molecule has 1 amide bonds. The molecule has 0 bridgehead atoms. The van der Waals surface area contributed by atoms with Crippen LogP contribution < -0.4 is 19.9 Å². The molecule has 0 radical (unpaired) electrons. The highest BCUT2D eigenvalue weighted by Gasteiger charge is 2.64. The number of amides is 1. The van der Waals surface area contributed by atoms with E-state index in [4.69, 9.17) is 9.84 Å².